The molecule has 0 aromatic rings. The first kappa shape index (κ1) is 1.41. The van der Waals surface area contributed by atoms with Crippen LogP contribution in [0.4, 0.5) is 0 Å². The van der Waals surface area contributed by atoms with Gasteiger partial charge in [0.15, 0.2) is 0 Å². The second-order valence-electron chi connectivity index (χ2n) is 0.408. The lowest BCUT2D eigenvalue weighted by Crippen LogP contribution is -1.73. The minimum atomic E-state index is -1.46. The van der Waals surface area contributed by atoms with Gasteiger partial charge in [-0.05, 0) is 6.92 Å². The Balaban J connectivity index is 3.17. The zero-order valence-electron chi connectivity index (χ0n) is 4.91. The summed E-state index contributed by atoms with van der Waals surface area (Å²) in [5, 5.41) is 0. The van der Waals surface area contributed by atoms with Gasteiger partial charge in [-0.25, -0.2) is 0 Å². The van der Waals surface area contributed by atoms with Crippen LogP contribution in [0, 0.1) is 0 Å². The predicted octanol–water partition coefficient (Wildman–Crippen LogP) is 0.653. The first-order chi connectivity index (χ1) is 2.56. The van der Waals surface area contributed by atoms with Gasteiger partial charge in [-0.2, -0.15) is 0 Å². The Hall–Kier alpha value is -0.0400. The standard InChI is InChI=1S/C3H8O/c1-3-4-2/h3H2,1-2H3/i3T2. The van der Waals surface area contributed by atoms with E-state index in [9.17, 15) is 0 Å². The first-order valence-electron chi connectivity index (χ1n) is 2.11. The number of rotatable bonds is 1. The molecule has 0 atom stereocenters. The van der Waals surface area contributed by atoms with Crippen molar-refractivity contribution in [2.75, 3.05) is 13.7 Å². The monoisotopic (exact) mass is 64.1 g/mol. The van der Waals surface area contributed by atoms with E-state index in [0.29, 0.717) is 0 Å². The fraction of sp³-hybridized carbons (Fsp3) is 1.00. The van der Waals surface area contributed by atoms with Crippen LogP contribution in [-0.4, -0.2) is 13.7 Å². The van der Waals surface area contributed by atoms with Crippen molar-refractivity contribution in [3.8, 4) is 0 Å². The molecule has 0 saturated heterocycles. The van der Waals surface area contributed by atoms with E-state index in [1.807, 2.05) is 0 Å². The smallest absolute Gasteiger partial charge is 0.0563 e. The molecule has 26 valence electrons. The summed E-state index contributed by atoms with van der Waals surface area (Å²) >= 11 is 0. The molecular weight excluding hydrogens is 52.0 g/mol. The Morgan fingerprint density at radius 3 is 2.50 bits per heavy atom. The molecular formula is C3H8O. The predicted molar refractivity (Wildman–Crippen MR) is 17.6 cm³/mol. The molecule has 0 heterocycles. The van der Waals surface area contributed by atoms with Crippen LogP contribution in [0.5, 0.6) is 0 Å². The van der Waals surface area contributed by atoms with Gasteiger partial charge in [0.05, 0.1) is 2.74 Å². The van der Waals surface area contributed by atoms with E-state index in [1.165, 1.54) is 14.0 Å². The fourth-order valence-electron chi connectivity index (χ4n) is 0. The normalized spacial score (nSPS) is 18.5. The van der Waals surface area contributed by atoms with E-state index >= 15 is 0 Å². The number of hydrogen-bond acceptors (Lipinski definition) is 1. The highest BCUT2D eigenvalue weighted by atomic mass is 16.5. The van der Waals surface area contributed by atoms with Crippen LogP contribution >= 0.6 is 0 Å². The summed E-state index contributed by atoms with van der Waals surface area (Å²) in [7, 11) is 1.33. The van der Waals surface area contributed by atoms with Crippen LogP contribution in [0.15, 0.2) is 0 Å². The molecule has 0 aromatic carbocycles. The number of hydrogen-bond donors (Lipinski definition) is 0. The van der Waals surface area contributed by atoms with Gasteiger partial charge in [0, 0.05) is 13.7 Å². The summed E-state index contributed by atoms with van der Waals surface area (Å²) in [4.78, 5) is 0. The zero-order valence-corrected chi connectivity index (χ0v) is 2.91. The highest BCUT2D eigenvalue weighted by Crippen LogP contribution is 1.52. The maximum atomic E-state index is 6.62. The summed E-state index contributed by atoms with van der Waals surface area (Å²) in [6.07, 6.45) is 0. The number of methoxy groups -OCH3 is 1. The zero-order chi connectivity index (χ0) is 5.21. The van der Waals surface area contributed by atoms with Crippen LogP contribution in [0.3, 0.4) is 0 Å². The first-order valence-corrected chi connectivity index (χ1v) is 1.11. The van der Waals surface area contributed by atoms with Gasteiger partial charge in [-0.15, -0.1) is 0 Å². The van der Waals surface area contributed by atoms with Crippen LogP contribution < -0.4 is 0 Å². The van der Waals surface area contributed by atoms with E-state index in [-0.39, 0.29) is 0 Å². The molecule has 0 rings (SSSR count). The molecule has 0 fully saturated rings. The van der Waals surface area contributed by atoms with Crippen molar-refractivity contribution in [2.24, 2.45) is 0 Å². The van der Waals surface area contributed by atoms with Crippen molar-refractivity contribution < 1.29 is 7.48 Å². The highest BCUT2D eigenvalue weighted by molar-refractivity contribution is 3.94. The van der Waals surface area contributed by atoms with E-state index in [4.69, 9.17) is 2.74 Å². The van der Waals surface area contributed by atoms with Crippen molar-refractivity contribution in [3.05, 3.63) is 0 Å². The molecule has 0 aliphatic carbocycles. The fourth-order valence-corrected chi connectivity index (χ4v) is 0. The number of ether oxygens (including phenoxy) is 1. The Morgan fingerprint density at radius 2 is 2.50 bits per heavy atom. The minimum Gasteiger partial charge on any atom is -0.385 e. The van der Waals surface area contributed by atoms with Gasteiger partial charge in [-0.3, -0.25) is 0 Å². The van der Waals surface area contributed by atoms with Crippen molar-refractivity contribution in [2.45, 2.75) is 6.92 Å². The summed E-state index contributed by atoms with van der Waals surface area (Å²) in [6.45, 7) is -0.104. The van der Waals surface area contributed by atoms with E-state index < -0.39 is 6.56 Å². The summed E-state index contributed by atoms with van der Waals surface area (Å²) in [5.74, 6) is 0. The third-order valence-electron chi connectivity index (χ3n) is 0.204. The Labute approximate surface area is 29.4 Å². The Morgan fingerprint density at radius 1 is 2.25 bits per heavy atom. The van der Waals surface area contributed by atoms with Crippen molar-refractivity contribution in [1.29, 1.82) is 0 Å². The molecule has 0 amide bonds. The van der Waals surface area contributed by atoms with Crippen molar-refractivity contribution in [3.63, 3.8) is 0 Å². The molecule has 1 heteroatoms. The third kappa shape index (κ3) is 1.96. The molecule has 0 aromatic heterocycles. The molecule has 0 aliphatic heterocycles. The molecule has 0 spiro atoms. The Bertz CT molecular complexity index is 38.5. The lowest BCUT2D eigenvalue weighted by molar-refractivity contribution is 0.215. The van der Waals surface area contributed by atoms with Gasteiger partial charge in [-0.1, -0.05) is 0 Å². The molecule has 0 aliphatic rings. The molecule has 0 saturated carbocycles. The van der Waals surface area contributed by atoms with Gasteiger partial charge < -0.3 is 4.74 Å². The molecule has 0 bridgehead atoms. The summed E-state index contributed by atoms with van der Waals surface area (Å²) in [6, 6.07) is 0. The quantitative estimate of drug-likeness (QED) is 0.435. The largest absolute Gasteiger partial charge is 0.385 e. The highest BCUT2D eigenvalue weighted by Gasteiger charge is 1.51. The van der Waals surface area contributed by atoms with Crippen LogP contribution in [0.25, 0.3) is 0 Å². The van der Waals surface area contributed by atoms with Gasteiger partial charge in [0.1, 0.15) is 0 Å². The van der Waals surface area contributed by atoms with Gasteiger partial charge >= 0.3 is 0 Å². The maximum absolute atomic E-state index is 6.62. The second kappa shape index (κ2) is 2.96. The topological polar surface area (TPSA) is 9.23 Å². The SMILES string of the molecule is [3H]C([3H])(C)OC. The van der Waals surface area contributed by atoms with E-state index in [0.717, 1.165) is 0 Å². The Kier molecular flexibility index (Phi) is 1.04. The van der Waals surface area contributed by atoms with Gasteiger partial charge in [0.25, 0.3) is 0 Å². The average molecular weight is 64.1 g/mol. The van der Waals surface area contributed by atoms with E-state index in [1.54, 1.807) is 0 Å². The van der Waals surface area contributed by atoms with Crippen LogP contribution in [0.1, 0.15) is 9.67 Å². The van der Waals surface area contributed by atoms with Crippen LogP contribution in [-0.2, 0) is 4.74 Å². The molecule has 0 unspecified atom stereocenters. The molecule has 0 N–H and O–H groups in total. The molecule has 1 nitrogen and oxygen atoms in total. The molecule has 0 radical (unpaired) electrons. The summed E-state index contributed by atoms with van der Waals surface area (Å²) in [5.41, 5.74) is 0. The van der Waals surface area contributed by atoms with Gasteiger partial charge in [0.2, 0.25) is 0 Å². The van der Waals surface area contributed by atoms with Crippen molar-refractivity contribution in [1.82, 2.24) is 0 Å². The average Bonchev–Trinajstić information content (AvgIpc) is 1.35. The maximum Gasteiger partial charge on any atom is 0.0563 e. The third-order valence-corrected chi connectivity index (χ3v) is 0.204. The lowest BCUT2D eigenvalue weighted by Gasteiger charge is -1.76. The second-order valence-corrected chi connectivity index (χ2v) is 0.408. The van der Waals surface area contributed by atoms with Crippen LogP contribution in [0.2, 0.25) is 0 Å². The summed E-state index contributed by atoms with van der Waals surface area (Å²) < 4.78 is 17.5. The van der Waals surface area contributed by atoms with E-state index in [2.05, 4.69) is 4.74 Å². The minimum absolute atomic E-state index is 1.33. The van der Waals surface area contributed by atoms with Crippen molar-refractivity contribution >= 4 is 0 Å². The molecule has 4 heavy (non-hydrogen) atoms. The lowest BCUT2D eigenvalue weighted by atomic mass is 10.9.